The number of phenols is 1. The maximum absolute atomic E-state index is 13.5. The lowest BCUT2D eigenvalue weighted by atomic mass is 9.80. The van der Waals surface area contributed by atoms with Gasteiger partial charge in [0.1, 0.15) is 11.6 Å². The molecule has 2 aromatic carbocycles. The molecule has 3 nitrogen and oxygen atoms in total. The third kappa shape index (κ3) is 4.63. The highest BCUT2D eigenvalue weighted by Crippen LogP contribution is 2.45. The van der Waals surface area contributed by atoms with Crippen LogP contribution in [0.4, 0.5) is 4.39 Å². The first kappa shape index (κ1) is 21.4. The van der Waals surface area contributed by atoms with Gasteiger partial charge < -0.3 is 9.84 Å². The van der Waals surface area contributed by atoms with Crippen molar-refractivity contribution in [1.29, 1.82) is 0 Å². The third-order valence-electron chi connectivity index (χ3n) is 6.39. The summed E-state index contributed by atoms with van der Waals surface area (Å²) in [5.41, 5.74) is 6.89. The molecular weight excluding hydrogens is 367 g/mol. The second-order valence-corrected chi connectivity index (χ2v) is 8.10. The molecule has 0 spiro atoms. The molecule has 0 fully saturated rings. The van der Waals surface area contributed by atoms with Crippen molar-refractivity contribution in [2.45, 2.75) is 71.1 Å². The number of unbranched alkanes of at least 4 members (excludes halogenated alkanes) is 2. The minimum atomic E-state index is -0.250. The van der Waals surface area contributed by atoms with E-state index in [1.165, 1.54) is 35.9 Å². The van der Waals surface area contributed by atoms with Crippen molar-refractivity contribution in [2.75, 3.05) is 7.11 Å². The number of benzene rings is 2. The van der Waals surface area contributed by atoms with E-state index >= 15 is 0 Å². The SMILES string of the molecule is COC(=O)CCCCC[C@@H](c1ccc(F)cc1)c1c(O)c(C)c(C)c2c1CCC2. The minimum Gasteiger partial charge on any atom is -0.507 e. The molecule has 1 aliphatic rings. The van der Waals surface area contributed by atoms with E-state index < -0.39 is 0 Å². The number of esters is 1. The monoisotopic (exact) mass is 398 g/mol. The van der Waals surface area contributed by atoms with E-state index in [1.54, 1.807) is 0 Å². The average molecular weight is 399 g/mol. The summed E-state index contributed by atoms with van der Waals surface area (Å²) in [6, 6.07) is 6.67. The molecule has 0 radical (unpaired) electrons. The largest absolute Gasteiger partial charge is 0.507 e. The molecule has 29 heavy (non-hydrogen) atoms. The molecule has 1 aliphatic carbocycles. The standard InChI is InChI=1S/C25H31FO3/c1-16-17(2)25(28)24(22-10-7-9-20(16)22)21(18-12-14-19(26)15-13-18)8-5-4-6-11-23(27)29-3/h12-15,21,28H,4-11H2,1-3H3/t21-/m0/s1. The van der Waals surface area contributed by atoms with E-state index in [2.05, 4.69) is 6.92 Å². The molecule has 156 valence electrons. The molecule has 0 bridgehead atoms. The van der Waals surface area contributed by atoms with Gasteiger partial charge in [-0.3, -0.25) is 4.79 Å². The summed E-state index contributed by atoms with van der Waals surface area (Å²) >= 11 is 0. The van der Waals surface area contributed by atoms with E-state index in [0.717, 1.165) is 61.6 Å². The second kappa shape index (κ2) is 9.43. The van der Waals surface area contributed by atoms with Gasteiger partial charge in [0, 0.05) is 17.9 Å². The summed E-state index contributed by atoms with van der Waals surface area (Å²) in [5, 5.41) is 11.1. The van der Waals surface area contributed by atoms with Crippen molar-refractivity contribution in [3.8, 4) is 5.75 Å². The molecule has 3 rings (SSSR count). The lowest BCUT2D eigenvalue weighted by Crippen LogP contribution is -2.09. The Hall–Kier alpha value is -2.36. The Morgan fingerprint density at radius 2 is 1.76 bits per heavy atom. The molecular formula is C25H31FO3. The lowest BCUT2D eigenvalue weighted by Gasteiger charge is -2.25. The van der Waals surface area contributed by atoms with Gasteiger partial charge in [0.05, 0.1) is 7.11 Å². The lowest BCUT2D eigenvalue weighted by molar-refractivity contribution is -0.140. The molecule has 0 saturated carbocycles. The summed E-state index contributed by atoms with van der Waals surface area (Å²) in [5.74, 6) is -0.00302. The number of hydrogen-bond donors (Lipinski definition) is 1. The van der Waals surface area contributed by atoms with Crippen molar-refractivity contribution in [2.24, 2.45) is 0 Å². The fraction of sp³-hybridized carbons (Fsp3) is 0.480. The van der Waals surface area contributed by atoms with E-state index in [1.807, 2.05) is 19.1 Å². The van der Waals surface area contributed by atoms with Gasteiger partial charge >= 0.3 is 5.97 Å². The van der Waals surface area contributed by atoms with Crippen LogP contribution in [-0.4, -0.2) is 18.2 Å². The fourth-order valence-electron chi connectivity index (χ4n) is 4.65. The highest BCUT2D eigenvalue weighted by Gasteiger charge is 2.28. The maximum atomic E-state index is 13.5. The second-order valence-electron chi connectivity index (χ2n) is 8.10. The van der Waals surface area contributed by atoms with Crippen molar-refractivity contribution in [1.82, 2.24) is 0 Å². The van der Waals surface area contributed by atoms with E-state index in [4.69, 9.17) is 4.74 Å². The Morgan fingerprint density at radius 3 is 2.45 bits per heavy atom. The molecule has 0 saturated heterocycles. The van der Waals surface area contributed by atoms with Gasteiger partial charge in [0.25, 0.3) is 0 Å². The average Bonchev–Trinajstić information content (AvgIpc) is 3.20. The predicted molar refractivity (Wildman–Crippen MR) is 113 cm³/mol. The van der Waals surface area contributed by atoms with Gasteiger partial charge in [-0.25, -0.2) is 4.39 Å². The number of aromatic hydroxyl groups is 1. The Bertz CT molecular complexity index is 871. The topological polar surface area (TPSA) is 46.5 Å². The molecule has 0 aromatic heterocycles. The molecule has 4 heteroatoms. The number of carbonyl (C=O) groups is 1. The van der Waals surface area contributed by atoms with Gasteiger partial charge in [-0.05, 0) is 85.9 Å². The van der Waals surface area contributed by atoms with Crippen LogP contribution in [-0.2, 0) is 22.4 Å². The van der Waals surface area contributed by atoms with Gasteiger partial charge in [-0.1, -0.05) is 25.0 Å². The smallest absolute Gasteiger partial charge is 0.305 e. The molecule has 0 aliphatic heterocycles. The van der Waals surface area contributed by atoms with E-state index in [-0.39, 0.29) is 17.7 Å². The Labute approximate surface area is 172 Å². The van der Waals surface area contributed by atoms with Crippen LogP contribution >= 0.6 is 0 Å². The number of rotatable bonds is 8. The van der Waals surface area contributed by atoms with Crippen LogP contribution in [0.2, 0.25) is 0 Å². The summed E-state index contributed by atoms with van der Waals surface area (Å²) in [6.45, 7) is 4.09. The molecule has 1 N–H and O–H groups in total. The van der Waals surface area contributed by atoms with Gasteiger partial charge in [-0.15, -0.1) is 0 Å². The maximum Gasteiger partial charge on any atom is 0.305 e. The van der Waals surface area contributed by atoms with Crippen molar-refractivity contribution < 1.29 is 19.0 Å². The minimum absolute atomic E-state index is 0.0277. The van der Waals surface area contributed by atoms with Crippen LogP contribution < -0.4 is 0 Å². The van der Waals surface area contributed by atoms with E-state index in [9.17, 15) is 14.3 Å². The van der Waals surface area contributed by atoms with Gasteiger partial charge in [-0.2, -0.15) is 0 Å². The first-order chi connectivity index (χ1) is 13.9. The van der Waals surface area contributed by atoms with Crippen LogP contribution in [0, 0.1) is 19.7 Å². The molecule has 1 atom stereocenters. The molecule has 2 aromatic rings. The summed E-state index contributed by atoms with van der Waals surface area (Å²) in [7, 11) is 1.41. The zero-order chi connectivity index (χ0) is 21.0. The van der Waals surface area contributed by atoms with Crippen LogP contribution in [0.5, 0.6) is 5.75 Å². The number of methoxy groups -OCH3 is 1. The molecule has 0 heterocycles. The number of phenolic OH excluding ortho intramolecular Hbond substituents is 1. The normalized spacial score (nSPS) is 13.9. The van der Waals surface area contributed by atoms with Crippen LogP contribution in [0.25, 0.3) is 0 Å². The number of carbonyl (C=O) groups excluding carboxylic acids is 1. The highest BCUT2D eigenvalue weighted by atomic mass is 19.1. The number of fused-ring (bicyclic) bond motifs is 1. The zero-order valence-corrected chi connectivity index (χ0v) is 17.7. The van der Waals surface area contributed by atoms with Gasteiger partial charge in [0.15, 0.2) is 0 Å². The fourth-order valence-corrected chi connectivity index (χ4v) is 4.65. The number of halogens is 1. The van der Waals surface area contributed by atoms with Crippen LogP contribution in [0.1, 0.15) is 77.8 Å². The quantitative estimate of drug-likeness (QED) is 0.445. The predicted octanol–water partition coefficient (Wildman–Crippen LogP) is 5.89. The van der Waals surface area contributed by atoms with Crippen molar-refractivity contribution in [3.63, 3.8) is 0 Å². The number of ether oxygens (including phenoxy) is 1. The van der Waals surface area contributed by atoms with E-state index in [0.29, 0.717) is 12.2 Å². The van der Waals surface area contributed by atoms with Crippen LogP contribution in [0.3, 0.4) is 0 Å². The van der Waals surface area contributed by atoms with Crippen molar-refractivity contribution in [3.05, 3.63) is 63.5 Å². The van der Waals surface area contributed by atoms with Crippen molar-refractivity contribution >= 4 is 5.97 Å². The Morgan fingerprint density at radius 1 is 1.07 bits per heavy atom. The Balaban J connectivity index is 1.90. The zero-order valence-electron chi connectivity index (χ0n) is 17.7. The Kier molecular flexibility index (Phi) is 6.94. The summed E-state index contributed by atoms with van der Waals surface area (Å²) < 4.78 is 18.2. The highest BCUT2D eigenvalue weighted by molar-refractivity contribution is 5.69. The third-order valence-corrected chi connectivity index (χ3v) is 6.39. The summed E-state index contributed by atoms with van der Waals surface area (Å²) in [6.07, 6.45) is 7.09. The molecule has 0 unspecified atom stereocenters. The first-order valence-electron chi connectivity index (χ1n) is 10.6. The van der Waals surface area contributed by atoms with Crippen LogP contribution in [0.15, 0.2) is 24.3 Å². The van der Waals surface area contributed by atoms with Gasteiger partial charge in [0.2, 0.25) is 0 Å². The number of hydrogen-bond acceptors (Lipinski definition) is 3. The first-order valence-corrected chi connectivity index (χ1v) is 10.6. The summed E-state index contributed by atoms with van der Waals surface area (Å²) in [4.78, 5) is 11.3. The molecule has 0 amide bonds.